The van der Waals surface area contributed by atoms with Crippen molar-refractivity contribution in [3.05, 3.63) is 83.6 Å². The molecule has 0 bridgehead atoms. The third kappa shape index (κ3) is 2.79. The van der Waals surface area contributed by atoms with Crippen LogP contribution in [0.15, 0.2) is 71.8 Å². The molecule has 3 aliphatic heterocycles. The molecule has 0 radical (unpaired) electrons. The maximum atomic E-state index is 13.1. The van der Waals surface area contributed by atoms with Crippen LogP contribution in [0.2, 0.25) is 0 Å². The average Bonchev–Trinajstić information content (AvgIpc) is 3.45. The van der Waals surface area contributed by atoms with Gasteiger partial charge in [0.25, 0.3) is 11.8 Å². The van der Waals surface area contributed by atoms with E-state index in [1.807, 2.05) is 53.7 Å². The Bertz CT molecular complexity index is 1480. The van der Waals surface area contributed by atoms with Gasteiger partial charge in [0, 0.05) is 30.6 Å². The molecule has 6 rings (SSSR count). The minimum atomic E-state index is -0.485. The fourth-order valence-electron chi connectivity index (χ4n) is 4.72. The van der Waals surface area contributed by atoms with Crippen molar-refractivity contribution < 1.29 is 14.3 Å². The molecule has 3 aliphatic rings. The van der Waals surface area contributed by atoms with E-state index >= 15 is 0 Å². The van der Waals surface area contributed by atoms with E-state index in [-0.39, 0.29) is 17.2 Å². The Morgan fingerprint density at radius 2 is 2.00 bits per heavy atom. The average molecular weight is 455 g/mol. The lowest BCUT2D eigenvalue weighted by atomic mass is 9.94. The number of thiocarbonyl (C=S) groups is 1. The molecular weight excluding hydrogens is 438 g/mol. The molecular formula is C24H17N5O3S. The normalized spacial score (nSPS) is 19.0. The molecule has 0 aliphatic carbocycles. The van der Waals surface area contributed by atoms with Gasteiger partial charge in [-0.2, -0.15) is 0 Å². The summed E-state index contributed by atoms with van der Waals surface area (Å²) in [5, 5.41) is 2.92. The zero-order chi connectivity index (χ0) is 22.7. The number of benzene rings is 1. The molecule has 33 heavy (non-hydrogen) atoms. The lowest BCUT2D eigenvalue weighted by Crippen LogP contribution is -2.35. The SMILES string of the molecule is COC(=S)C1Cc2cccc3c2N1C=CN=C3C1=C(c2cnc3ccccn23)C(=O)NC1=O. The van der Waals surface area contributed by atoms with E-state index in [2.05, 4.69) is 15.3 Å². The third-order valence-electron chi connectivity index (χ3n) is 6.13. The second kappa shape index (κ2) is 7.21. The first-order chi connectivity index (χ1) is 16.1. The van der Waals surface area contributed by atoms with Crippen LogP contribution in [0.5, 0.6) is 0 Å². The summed E-state index contributed by atoms with van der Waals surface area (Å²) >= 11 is 5.44. The predicted octanol–water partition coefficient (Wildman–Crippen LogP) is 2.42. The van der Waals surface area contributed by atoms with Crippen molar-refractivity contribution in [2.45, 2.75) is 12.5 Å². The van der Waals surface area contributed by atoms with Gasteiger partial charge >= 0.3 is 0 Å². The first kappa shape index (κ1) is 19.6. The van der Waals surface area contributed by atoms with Crippen molar-refractivity contribution in [2.75, 3.05) is 12.0 Å². The number of imidazole rings is 1. The number of fused-ring (bicyclic) bond motifs is 1. The Balaban J connectivity index is 1.58. The highest BCUT2D eigenvalue weighted by atomic mass is 32.1. The molecule has 3 aromatic rings. The van der Waals surface area contributed by atoms with Gasteiger partial charge in [0.2, 0.25) is 0 Å². The summed E-state index contributed by atoms with van der Waals surface area (Å²) in [7, 11) is 1.57. The summed E-state index contributed by atoms with van der Waals surface area (Å²) < 4.78 is 7.14. The second-order valence-corrected chi connectivity index (χ2v) is 8.25. The van der Waals surface area contributed by atoms with Crippen LogP contribution in [-0.2, 0) is 20.7 Å². The topological polar surface area (TPSA) is 88.3 Å². The highest BCUT2D eigenvalue weighted by Gasteiger charge is 2.40. The number of imide groups is 1. The number of rotatable bonds is 3. The zero-order valence-electron chi connectivity index (χ0n) is 17.5. The summed E-state index contributed by atoms with van der Waals surface area (Å²) in [6.07, 6.45) is 7.56. The van der Waals surface area contributed by atoms with E-state index in [0.717, 1.165) is 16.8 Å². The minimum absolute atomic E-state index is 0.154. The molecule has 1 atom stereocenters. The number of anilines is 1. The molecule has 2 amide bonds. The first-order valence-corrected chi connectivity index (χ1v) is 10.7. The Labute approximate surface area is 193 Å². The highest BCUT2D eigenvalue weighted by molar-refractivity contribution is 7.80. The quantitative estimate of drug-likeness (QED) is 0.482. The second-order valence-electron chi connectivity index (χ2n) is 7.85. The number of ether oxygens (including phenoxy) is 1. The first-order valence-electron chi connectivity index (χ1n) is 10.3. The monoisotopic (exact) mass is 455 g/mol. The molecule has 1 unspecified atom stereocenters. The van der Waals surface area contributed by atoms with Crippen LogP contribution in [0.3, 0.4) is 0 Å². The van der Waals surface area contributed by atoms with Gasteiger partial charge in [0.15, 0.2) is 5.05 Å². The smallest absolute Gasteiger partial charge is 0.261 e. The molecule has 1 aromatic carbocycles. The number of aliphatic imine (C=N–C) groups is 1. The Hall–Kier alpha value is -4.11. The molecule has 2 aromatic heterocycles. The van der Waals surface area contributed by atoms with Gasteiger partial charge < -0.3 is 9.64 Å². The van der Waals surface area contributed by atoms with Crippen molar-refractivity contribution in [2.24, 2.45) is 4.99 Å². The number of methoxy groups -OCH3 is 1. The van der Waals surface area contributed by atoms with Gasteiger partial charge in [-0.3, -0.25) is 24.3 Å². The van der Waals surface area contributed by atoms with Gasteiger partial charge in [-0.15, -0.1) is 0 Å². The Morgan fingerprint density at radius 3 is 2.85 bits per heavy atom. The van der Waals surface area contributed by atoms with Gasteiger partial charge in [-0.25, -0.2) is 4.98 Å². The molecule has 9 heteroatoms. The van der Waals surface area contributed by atoms with Crippen LogP contribution < -0.4 is 10.2 Å². The molecule has 5 heterocycles. The van der Waals surface area contributed by atoms with Crippen molar-refractivity contribution >= 4 is 51.7 Å². The lowest BCUT2D eigenvalue weighted by molar-refractivity contribution is -0.123. The number of carbonyl (C=O) groups is 2. The maximum Gasteiger partial charge on any atom is 0.261 e. The van der Waals surface area contributed by atoms with Crippen LogP contribution >= 0.6 is 12.2 Å². The van der Waals surface area contributed by atoms with E-state index in [1.165, 1.54) is 0 Å². The van der Waals surface area contributed by atoms with E-state index in [4.69, 9.17) is 17.0 Å². The van der Waals surface area contributed by atoms with E-state index in [1.54, 1.807) is 23.9 Å². The zero-order valence-corrected chi connectivity index (χ0v) is 18.3. The van der Waals surface area contributed by atoms with Crippen molar-refractivity contribution in [1.29, 1.82) is 0 Å². The molecule has 8 nitrogen and oxygen atoms in total. The Kier molecular flexibility index (Phi) is 4.27. The van der Waals surface area contributed by atoms with E-state index < -0.39 is 11.8 Å². The van der Waals surface area contributed by atoms with Crippen LogP contribution in [-0.4, -0.2) is 45.1 Å². The summed E-state index contributed by atoms with van der Waals surface area (Å²) in [5.74, 6) is -0.958. The number of pyridine rings is 1. The van der Waals surface area contributed by atoms with Crippen LogP contribution in [0.1, 0.15) is 16.8 Å². The summed E-state index contributed by atoms with van der Waals surface area (Å²) in [6.45, 7) is 0. The number of carbonyl (C=O) groups excluding carboxylic acids is 2. The number of hydrogen-bond acceptors (Lipinski definition) is 7. The van der Waals surface area contributed by atoms with E-state index in [9.17, 15) is 9.59 Å². The molecule has 162 valence electrons. The molecule has 0 saturated carbocycles. The van der Waals surface area contributed by atoms with Gasteiger partial charge in [-0.05, 0) is 29.9 Å². The number of nitrogens with one attached hydrogen (secondary N) is 1. The molecule has 0 spiro atoms. The number of aromatic nitrogens is 2. The van der Waals surface area contributed by atoms with Crippen LogP contribution in [0, 0.1) is 0 Å². The Morgan fingerprint density at radius 1 is 1.15 bits per heavy atom. The fraction of sp³-hybridized carbons (Fsp3) is 0.125. The molecule has 0 saturated heterocycles. The largest absolute Gasteiger partial charge is 0.488 e. The van der Waals surface area contributed by atoms with Gasteiger partial charge in [0.1, 0.15) is 11.7 Å². The summed E-state index contributed by atoms with van der Waals surface area (Å²) in [6, 6.07) is 11.3. The van der Waals surface area contributed by atoms with Crippen molar-refractivity contribution in [1.82, 2.24) is 14.7 Å². The number of amides is 2. The highest BCUT2D eigenvalue weighted by Crippen LogP contribution is 2.40. The predicted molar refractivity (Wildman–Crippen MR) is 127 cm³/mol. The summed E-state index contributed by atoms with van der Waals surface area (Å²) in [5.41, 5.74) is 4.84. The van der Waals surface area contributed by atoms with E-state index in [0.29, 0.717) is 28.5 Å². The van der Waals surface area contributed by atoms with Crippen molar-refractivity contribution in [3.8, 4) is 0 Å². The molecule has 0 fully saturated rings. The number of para-hydroxylation sites is 1. The number of hydrogen-bond donors (Lipinski definition) is 1. The van der Waals surface area contributed by atoms with Crippen molar-refractivity contribution in [3.63, 3.8) is 0 Å². The van der Waals surface area contributed by atoms with Gasteiger partial charge in [-0.1, -0.05) is 24.3 Å². The molecule has 1 N–H and O–H groups in total. The summed E-state index contributed by atoms with van der Waals surface area (Å²) in [4.78, 5) is 37.1. The minimum Gasteiger partial charge on any atom is -0.488 e. The number of nitrogens with zero attached hydrogens (tertiary/aromatic N) is 4. The lowest BCUT2D eigenvalue weighted by Gasteiger charge is -2.24. The van der Waals surface area contributed by atoms with Crippen LogP contribution in [0.4, 0.5) is 5.69 Å². The maximum absolute atomic E-state index is 13.1. The third-order valence-corrected chi connectivity index (χ3v) is 6.57. The fourth-order valence-corrected chi connectivity index (χ4v) is 4.91. The van der Waals surface area contributed by atoms with Crippen LogP contribution in [0.25, 0.3) is 11.2 Å². The standard InChI is InChI=1S/C24H17N5O3S/c1-32-24(33)15-11-13-5-4-6-14-20(25-8-10-29(15)21(13)14)19-18(22(30)27-23(19)31)16-12-26-17-7-2-3-9-28(16)17/h2-10,12,15H,11H2,1H3,(H,27,30,31). The van der Waals surface area contributed by atoms with Gasteiger partial charge in [0.05, 0.1) is 41.5 Å².